The van der Waals surface area contributed by atoms with Crippen molar-refractivity contribution in [3.05, 3.63) is 0 Å². The van der Waals surface area contributed by atoms with Crippen LogP contribution in [0.15, 0.2) is 5.16 Å². The minimum absolute atomic E-state index is 0.126. The maximum absolute atomic E-state index is 11.5. The third-order valence-electron chi connectivity index (χ3n) is 1.50. The van der Waals surface area contributed by atoms with Crippen LogP contribution in [0.5, 0.6) is 0 Å². The van der Waals surface area contributed by atoms with E-state index in [2.05, 4.69) is 10.1 Å². The number of rotatable bonds is 2. The predicted molar refractivity (Wildman–Crippen MR) is 51.7 cm³/mol. The van der Waals surface area contributed by atoms with Gasteiger partial charge in [0.2, 0.25) is 11.1 Å². The highest BCUT2D eigenvalue weighted by Gasteiger charge is 2.16. The Kier molecular flexibility index (Phi) is 2.92. The van der Waals surface area contributed by atoms with E-state index in [1.165, 1.54) is 11.8 Å². The molecule has 5 nitrogen and oxygen atoms in total. The van der Waals surface area contributed by atoms with E-state index in [1.807, 2.05) is 6.26 Å². The smallest absolute Gasteiger partial charge is 0.252 e. The highest BCUT2D eigenvalue weighted by molar-refractivity contribution is 7.98. The van der Waals surface area contributed by atoms with Gasteiger partial charge in [0, 0.05) is 5.92 Å². The topological polar surface area (TPSA) is 73.8 Å². The Hall–Kier alpha value is -1.04. The average Bonchev–Trinajstić information content (AvgIpc) is 2.45. The van der Waals surface area contributed by atoms with Gasteiger partial charge in [-0.1, -0.05) is 25.6 Å². The lowest BCUT2D eigenvalue weighted by Gasteiger charge is -2.02. The molecular formula is C7H12N4OS. The monoisotopic (exact) mass is 200 g/mol. The molecule has 1 rings (SSSR count). The molecule has 2 N–H and O–H groups in total. The normalized spacial score (nSPS) is 10.8. The van der Waals surface area contributed by atoms with E-state index in [1.54, 1.807) is 13.8 Å². The van der Waals surface area contributed by atoms with Crippen LogP contribution >= 0.6 is 11.8 Å². The maximum Gasteiger partial charge on any atom is 0.252 e. The number of nitrogen functional groups attached to an aromatic ring is 1. The second-order valence-electron chi connectivity index (χ2n) is 2.86. The van der Waals surface area contributed by atoms with Gasteiger partial charge in [0.1, 0.15) is 0 Å². The van der Waals surface area contributed by atoms with E-state index in [9.17, 15) is 4.79 Å². The number of hydrogen-bond donors (Lipinski definition) is 1. The van der Waals surface area contributed by atoms with Gasteiger partial charge in [-0.2, -0.15) is 9.67 Å². The van der Waals surface area contributed by atoms with Crippen molar-refractivity contribution >= 4 is 23.6 Å². The molecule has 0 fully saturated rings. The van der Waals surface area contributed by atoms with Gasteiger partial charge in [-0.05, 0) is 6.26 Å². The summed E-state index contributed by atoms with van der Waals surface area (Å²) < 4.78 is 1.15. The van der Waals surface area contributed by atoms with Crippen LogP contribution in [0.25, 0.3) is 0 Å². The van der Waals surface area contributed by atoms with Crippen LogP contribution in [0.2, 0.25) is 0 Å². The summed E-state index contributed by atoms with van der Waals surface area (Å²) in [5.41, 5.74) is 5.51. The van der Waals surface area contributed by atoms with Gasteiger partial charge in [0.15, 0.2) is 0 Å². The van der Waals surface area contributed by atoms with Gasteiger partial charge in [-0.15, -0.1) is 5.10 Å². The molecule has 0 aliphatic rings. The van der Waals surface area contributed by atoms with Crippen LogP contribution in [-0.4, -0.2) is 26.9 Å². The van der Waals surface area contributed by atoms with E-state index in [4.69, 9.17) is 5.73 Å². The summed E-state index contributed by atoms with van der Waals surface area (Å²) in [5.74, 6) is -0.105. The van der Waals surface area contributed by atoms with Crippen LogP contribution < -0.4 is 5.73 Å². The zero-order valence-corrected chi connectivity index (χ0v) is 8.63. The molecule has 0 saturated heterocycles. The van der Waals surface area contributed by atoms with Crippen molar-refractivity contribution in [3.8, 4) is 0 Å². The van der Waals surface area contributed by atoms with Crippen molar-refractivity contribution in [2.75, 3.05) is 12.0 Å². The van der Waals surface area contributed by atoms with Crippen LogP contribution in [0, 0.1) is 5.92 Å². The molecule has 1 heterocycles. The summed E-state index contributed by atoms with van der Waals surface area (Å²) >= 11 is 1.36. The Balaban J connectivity index is 3.00. The van der Waals surface area contributed by atoms with E-state index in [0.717, 1.165) is 4.68 Å². The molecule has 0 radical (unpaired) electrons. The fourth-order valence-corrected chi connectivity index (χ4v) is 1.15. The standard InChI is InChI=1S/C7H12N4OS/c1-4(2)5(12)11-6(8)9-7(10-11)13-3/h4H,1-3H3,(H2,8,9,10). The number of thioether (sulfide) groups is 1. The maximum atomic E-state index is 11.5. The van der Waals surface area contributed by atoms with Crippen LogP contribution in [-0.2, 0) is 0 Å². The summed E-state index contributed by atoms with van der Waals surface area (Å²) in [6, 6.07) is 0. The Labute approximate surface area is 80.7 Å². The summed E-state index contributed by atoms with van der Waals surface area (Å²) in [4.78, 5) is 15.4. The number of carbonyl (C=O) groups is 1. The Morgan fingerprint density at radius 2 is 2.23 bits per heavy atom. The molecule has 72 valence electrons. The van der Waals surface area contributed by atoms with E-state index < -0.39 is 0 Å². The highest BCUT2D eigenvalue weighted by atomic mass is 32.2. The van der Waals surface area contributed by atoms with Crippen molar-refractivity contribution in [2.45, 2.75) is 19.0 Å². The van der Waals surface area contributed by atoms with Crippen LogP contribution in [0.4, 0.5) is 5.95 Å². The van der Waals surface area contributed by atoms with Crippen molar-refractivity contribution < 1.29 is 4.79 Å². The summed E-state index contributed by atoms with van der Waals surface area (Å²) in [5, 5.41) is 4.46. The quantitative estimate of drug-likeness (QED) is 0.717. The van der Waals surface area contributed by atoms with Gasteiger partial charge in [-0.25, -0.2) is 0 Å². The molecule has 0 aliphatic carbocycles. The van der Waals surface area contributed by atoms with E-state index >= 15 is 0 Å². The summed E-state index contributed by atoms with van der Waals surface area (Å²) in [7, 11) is 0. The SMILES string of the molecule is CSc1nc(N)n(C(=O)C(C)C)n1. The molecule has 1 aromatic heterocycles. The number of hydrogen-bond acceptors (Lipinski definition) is 5. The van der Waals surface area contributed by atoms with Gasteiger partial charge >= 0.3 is 0 Å². The van der Waals surface area contributed by atoms with Crippen molar-refractivity contribution in [3.63, 3.8) is 0 Å². The molecule has 0 bridgehead atoms. The zero-order chi connectivity index (χ0) is 10.0. The molecule has 0 spiro atoms. The summed E-state index contributed by atoms with van der Waals surface area (Å²) in [6.07, 6.45) is 1.83. The second-order valence-corrected chi connectivity index (χ2v) is 3.63. The third-order valence-corrected chi connectivity index (χ3v) is 2.04. The van der Waals surface area contributed by atoms with Crippen molar-refractivity contribution in [1.82, 2.24) is 14.8 Å². The van der Waals surface area contributed by atoms with Crippen molar-refractivity contribution in [2.24, 2.45) is 5.92 Å². The van der Waals surface area contributed by atoms with E-state index in [0.29, 0.717) is 5.16 Å². The first-order chi connectivity index (χ1) is 6.06. The molecule has 13 heavy (non-hydrogen) atoms. The fourth-order valence-electron chi connectivity index (χ4n) is 0.798. The van der Waals surface area contributed by atoms with Gasteiger partial charge < -0.3 is 5.73 Å². The number of nitrogens with two attached hydrogens (primary N) is 1. The molecule has 0 atom stereocenters. The number of aromatic nitrogens is 3. The lowest BCUT2D eigenvalue weighted by Crippen LogP contribution is -2.20. The van der Waals surface area contributed by atoms with Gasteiger partial charge in [0.05, 0.1) is 0 Å². The first kappa shape index (κ1) is 10.0. The first-order valence-corrected chi connectivity index (χ1v) is 5.09. The molecular weight excluding hydrogens is 188 g/mol. The highest BCUT2D eigenvalue weighted by Crippen LogP contribution is 2.12. The predicted octanol–water partition coefficient (Wildman–Crippen LogP) is 0.878. The first-order valence-electron chi connectivity index (χ1n) is 3.87. The number of nitrogens with zero attached hydrogens (tertiary/aromatic N) is 3. The lowest BCUT2D eigenvalue weighted by atomic mass is 10.2. The largest absolute Gasteiger partial charge is 0.368 e. The molecule has 0 amide bonds. The Morgan fingerprint density at radius 1 is 1.62 bits per heavy atom. The van der Waals surface area contributed by atoms with Gasteiger partial charge in [-0.3, -0.25) is 4.79 Å². The molecule has 0 unspecified atom stereocenters. The molecule has 0 saturated carbocycles. The number of anilines is 1. The third kappa shape index (κ3) is 2.00. The fraction of sp³-hybridized carbons (Fsp3) is 0.571. The molecule has 0 aromatic carbocycles. The lowest BCUT2D eigenvalue weighted by molar-refractivity contribution is 0.0840. The molecule has 6 heteroatoms. The molecule has 1 aromatic rings. The number of carbonyl (C=O) groups excluding carboxylic acids is 1. The zero-order valence-electron chi connectivity index (χ0n) is 7.81. The van der Waals surface area contributed by atoms with Crippen LogP contribution in [0.3, 0.4) is 0 Å². The molecule has 0 aliphatic heterocycles. The van der Waals surface area contributed by atoms with Crippen molar-refractivity contribution in [1.29, 1.82) is 0 Å². The minimum Gasteiger partial charge on any atom is -0.368 e. The Bertz CT molecular complexity index is 320. The minimum atomic E-state index is -0.134. The van der Waals surface area contributed by atoms with E-state index in [-0.39, 0.29) is 17.8 Å². The summed E-state index contributed by atoms with van der Waals surface area (Å²) in [6.45, 7) is 3.59. The Morgan fingerprint density at radius 3 is 2.62 bits per heavy atom. The van der Waals surface area contributed by atoms with Crippen LogP contribution in [0.1, 0.15) is 18.6 Å². The average molecular weight is 200 g/mol. The second kappa shape index (κ2) is 3.78. The van der Waals surface area contributed by atoms with Gasteiger partial charge in [0.25, 0.3) is 5.91 Å².